The monoisotopic (exact) mass is 274 g/mol. The number of amides is 2. The lowest BCUT2D eigenvalue weighted by molar-refractivity contribution is -0.124. The van der Waals surface area contributed by atoms with Crippen LogP contribution in [0.5, 0.6) is 0 Å². The molecule has 0 aromatic heterocycles. The van der Waals surface area contributed by atoms with Crippen LogP contribution in [0.4, 0.5) is 0 Å². The Morgan fingerprint density at radius 1 is 1.25 bits per heavy atom. The molecule has 1 saturated carbocycles. The molecule has 0 bridgehead atoms. The molecule has 2 amide bonds. The van der Waals surface area contributed by atoms with Gasteiger partial charge in [0.2, 0.25) is 5.91 Å². The number of carbonyl (C=O) groups excluding carboxylic acids is 2. The first-order valence-corrected chi connectivity index (χ1v) is 7.28. The molecule has 1 aliphatic rings. The van der Waals surface area contributed by atoms with Crippen LogP contribution in [-0.4, -0.2) is 23.9 Å². The summed E-state index contributed by atoms with van der Waals surface area (Å²) in [5, 5.41) is 5.84. The molecule has 2 N–H and O–H groups in total. The molecule has 1 aromatic rings. The first-order chi connectivity index (χ1) is 9.61. The van der Waals surface area contributed by atoms with Crippen molar-refractivity contribution >= 4 is 11.8 Å². The van der Waals surface area contributed by atoms with Gasteiger partial charge in [-0.25, -0.2) is 0 Å². The van der Waals surface area contributed by atoms with Crippen molar-refractivity contribution in [2.75, 3.05) is 0 Å². The quantitative estimate of drug-likeness (QED) is 0.834. The number of hydrogen-bond donors (Lipinski definition) is 2. The number of nitrogens with one attached hydrogen (secondary N) is 2. The lowest BCUT2D eigenvalue weighted by Crippen LogP contribution is -2.50. The van der Waals surface area contributed by atoms with Crippen molar-refractivity contribution in [3.05, 3.63) is 35.9 Å². The largest absolute Gasteiger partial charge is 0.352 e. The lowest BCUT2D eigenvalue weighted by Gasteiger charge is -2.23. The minimum Gasteiger partial charge on any atom is -0.352 e. The molecule has 0 aliphatic heterocycles. The van der Waals surface area contributed by atoms with Crippen LogP contribution in [0, 0.1) is 5.92 Å². The van der Waals surface area contributed by atoms with Crippen molar-refractivity contribution in [3.8, 4) is 0 Å². The molecule has 1 aromatic carbocycles. The van der Waals surface area contributed by atoms with E-state index in [1.807, 2.05) is 32.0 Å². The molecule has 108 valence electrons. The molecule has 20 heavy (non-hydrogen) atoms. The second-order valence-electron chi connectivity index (χ2n) is 5.49. The molecule has 0 radical (unpaired) electrons. The molecule has 1 fully saturated rings. The van der Waals surface area contributed by atoms with E-state index in [-0.39, 0.29) is 17.7 Å². The van der Waals surface area contributed by atoms with E-state index < -0.39 is 6.04 Å². The molecule has 4 nitrogen and oxygen atoms in total. The second kappa shape index (κ2) is 6.55. The maximum Gasteiger partial charge on any atom is 0.251 e. The summed E-state index contributed by atoms with van der Waals surface area (Å²) in [6, 6.07) is 8.84. The zero-order valence-corrected chi connectivity index (χ0v) is 12.1. The summed E-state index contributed by atoms with van der Waals surface area (Å²) in [6.45, 7) is 4.01. The van der Waals surface area contributed by atoms with Crippen LogP contribution in [0.3, 0.4) is 0 Å². The summed E-state index contributed by atoms with van der Waals surface area (Å²) in [6.07, 6.45) is 2.94. The zero-order valence-electron chi connectivity index (χ0n) is 12.1. The molecule has 4 heteroatoms. The van der Waals surface area contributed by atoms with E-state index in [0.717, 1.165) is 19.3 Å². The fourth-order valence-electron chi connectivity index (χ4n) is 2.03. The van der Waals surface area contributed by atoms with Crippen LogP contribution in [0.15, 0.2) is 30.3 Å². The zero-order chi connectivity index (χ0) is 14.5. The Bertz CT molecular complexity index is 469. The molecular weight excluding hydrogens is 252 g/mol. The summed E-state index contributed by atoms with van der Waals surface area (Å²) >= 11 is 0. The first kappa shape index (κ1) is 14.6. The Balaban J connectivity index is 2.03. The van der Waals surface area contributed by atoms with Crippen molar-refractivity contribution in [3.63, 3.8) is 0 Å². The van der Waals surface area contributed by atoms with E-state index in [4.69, 9.17) is 0 Å². The fourth-order valence-corrected chi connectivity index (χ4v) is 2.03. The topological polar surface area (TPSA) is 58.2 Å². The third kappa shape index (κ3) is 3.83. The fraction of sp³-hybridized carbons (Fsp3) is 0.500. The lowest BCUT2D eigenvalue weighted by atomic mass is 9.98. The van der Waals surface area contributed by atoms with Crippen molar-refractivity contribution in [1.29, 1.82) is 0 Å². The number of hydrogen-bond acceptors (Lipinski definition) is 2. The standard InChI is InChI=1S/C16H22N2O2/c1-3-11(2)14(16(20)17-13-9-10-13)18-15(19)12-7-5-4-6-8-12/h4-8,11,13-14H,3,9-10H2,1-2H3,(H,17,20)(H,18,19)/t11-,14-/m0/s1. The summed E-state index contributed by atoms with van der Waals surface area (Å²) < 4.78 is 0. The van der Waals surface area contributed by atoms with Crippen molar-refractivity contribution in [2.45, 2.75) is 45.2 Å². The van der Waals surface area contributed by atoms with Gasteiger partial charge in [0.05, 0.1) is 0 Å². The van der Waals surface area contributed by atoms with Crippen LogP contribution in [0.1, 0.15) is 43.5 Å². The average Bonchev–Trinajstić information content (AvgIpc) is 3.28. The molecular formula is C16H22N2O2. The molecule has 0 saturated heterocycles. The van der Waals surface area contributed by atoms with Crippen LogP contribution in [-0.2, 0) is 4.79 Å². The molecule has 0 unspecified atom stereocenters. The summed E-state index contributed by atoms with van der Waals surface area (Å²) in [7, 11) is 0. The Hall–Kier alpha value is -1.84. The molecule has 0 spiro atoms. The SMILES string of the molecule is CC[C@H](C)[C@H](NC(=O)c1ccccc1)C(=O)NC1CC1. The normalized spacial score (nSPS) is 17.1. The molecule has 2 rings (SSSR count). The minimum atomic E-state index is -0.465. The Labute approximate surface area is 119 Å². The van der Waals surface area contributed by atoms with E-state index in [0.29, 0.717) is 11.6 Å². The number of rotatable bonds is 6. The van der Waals surface area contributed by atoms with Crippen LogP contribution >= 0.6 is 0 Å². The number of carbonyl (C=O) groups is 2. The highest BCUT2D eigenvalue weighted by molar-refractivity contribution is 5.97. The Kier molecular flexibility index (Phi) is 4.77. The van der Waals surface area contributed by atoms with Gasteiger partial charge in [-0.1, -0.05) is 38.5 Å². The van der Waals surface area contributed by atoms with Gasteiger partial charge >= 0.3 is 0 Å². The highest BCUT2D eigenvalue weighted by atomic mass is 16.2. The van der Waals surface area contributed by atoms with E-state index in [1.165, 1.54) is 0 Å². The van der Waals surface area contributed by atoms with Gasteiger partial charge in [0.1, 0.15) is 6.04 Å². The molecule has 0 heterocycles. The van der Waals surface area contributed by atoms with Crippen LogP contribution < -0.4 is 10.6 Å². The average molecular weight is 274 g/mol. The van der Waals surface area contributed by atoms with Crippen LogP contribution in [0.25, 0.3) is 0 Å². The molecule has 2 atom stereocenters. The van der Waals surface area contributed by atoms with Gasteiger partial charge in [-0.3, -0.25) is 9.59 Å². The summed E-state index contributed by atoms with van der Waals surface area (Å²) in [4.78, 5) is 24.4. The van der Waals surface area contributed by atoms with Crippen LogP contribution in [0.2, 0.25) is 0 Å². The second-order valence-corrected chi connectivity index (χ2v) is 5.49. The predicted octanol–water partition coefficient (Wildman–Crippen LogP) is 2.11. The highest BCUT2D eigenvalue weighted by Gasteiger charge is 2.31. The minimum absolute atomic E-state index is 0.0638. The number of benzene rings is 1. The summed E-state index contributed by atoms with van der Waals surface area (Å²) in [5.74, 6) is -0.144. The van der Waals surface area contributed by atoms with Gasteiger partial charge in [-0.15, -0.1) is 0 Å². The maximum absolute atomic E-state index is 12.2. The molecule has 1 aliphatic carbocycles. The van der Waals surface area contributed by atoms with Gasteiger partial charge < -0.3 is 10.6 Å². The van der Waals surface area contributed by atoms with Crippen molar-refractivity contribution in [2.24, 2.45) is 5.92 Å². The van der Waals surface area contributed by atoms with Crippen molar-refractivity contribution in [1.82, 2.24) is 10.6 Å². The van der Waals surface area contributed by atoms with E-state index in [1.54, 1.807) is 12.1 Å². The van der Waals surface area contributed by atoms with Gasteiger partial charge in [0, 0.05) is 11.6 Å². The Morgan fingerprint density at radius 3 is 2.45 bits per heavy atom. The predicted molar refractivity (Wildman–Crippen MR) is 78.3 cm³/mol. The van der Waals surface area contributed by atoms with Gasteiger partial charge in [0.15, 0.2) is 0 Å². The van der Waals surface area contributed by atoms with Gasteiger partial charge in [0.25, 0.3) is 5.91 Å². The smallest absolute Gasteiger partial charge is 0.251 e. The highest BCUT2D eigenvalue weighted by Crippen LogP contribution is 2.19. The maximum atomic E-state index is 12.2. The first-order valence-electron chi connectivity index (χ1n) is 7.28. The van der Waals surface area contributed by atoms with Crippen molar-refractivity contribution < 1.29 is 9.59 Å². The third-order valence-electron chi connectivity index (χ3n) is 3.74. The van der Waals surface area contributed by atoms with E-state index in [2.05, 4.69) is 10.6 Å². The van der Waals surface area contributed by atoms with E-state index >= 15 is 0 Å². The Morgan fingerprint density at radius 2 is 1.90 bits per heavy atom. The third-order valence-corrected chi connectivity index (χ3v) is 3.74. The van der Waals surface area contributed by atoms with Gasteiger partial charge in [-0.05, 0) is 30.9 Å². The van der Waals surface area contributed by atoms with E-state index in [9.17, 15) is 9.59 Å². The van der Waals surface area contributed by atoms with Gasteiger partial charge in [-0.2, -0.15) is 0 Å². The summed E-state index contributed by atoms with van der Waals surface area (Å²) in [5.41, 5.74) is 0.583.